The molecular weight excluding hydrogens is 401 g/mol. The third-order valence-corrected chi connectivity index (χ3v) is 4.01. The van der Waals surface area contributed by atoms with Gasteiger partial charge in [0.15, 0.2) is 17.2 Å². The summed E-state index contributed by atoms with van der Waals surface area (Å²) in [5.41, 5.74) is 1.48. The summed E-state index contributed by atoms with van der Waals surface area (Å²) in [6.07, 6.45) is -3.67. The van der Waals surface area contributed by atoms with Gasteiger partial charge in [0.05, 0.1) is 12.4 Å². The van der Waals surface area contributed by atoms with E-state index in [1.54, 1.807) is 39.0 Å². The van der Waals surface area contributed by atoms with Crippen LogP contribution in [0.5, 0.6) is 11.5 Å². The van der Waals surface area contributed by atoms with Crippen LogP contribution in [0.25, 0.3) is 34.0 Å². The lowest BCUT2D eigenvalue weighted by atomic mass is 10.1. The largest absolute Gasteiger partial charge is 0.573 e. The zero-order valence-corrected chi connectivity index (χ0v) is 16.2. The molecule has 10 heteroatoms. The van der Waals surface area contributed by atoms with Gasteiger partial charge in [0.2, 0.25) is 0 Å². The average molecular weight is 418 g/mol. The molecule has 0 aliphatic rings. The number of imidazole rings is 1. The molecule has 0 atom stereocenters. The maximum atomic E-state index is 12.8. The van der Waals surface area contributed by atoms with Crippen LogP contribution in [0.15, 0.2) is 41.1 Å². The molecule has 0 radical (unpaired) electrons. The van der Waals surface area contributed by atoms with Crippen molar-refractivity contribution in [1.29, 1.82) is 0 Å². The lowest BCUT2D eigenvalue weighted by Gasteiger charge is -2.15. The number of hydrogen-bond acceptors (Lipinski definition) is 6. The Morgan fingerprint density at radius 3 is 2.50 bits per heavy atom. The first kappa shape index (κ1) is 19.7. The minimum Gasteiger partial charge on any atom is -0.491 e. The molecule has 0 saturated carbocycles. The summed E-state index contributed by atoms with van der Waals surface area (Å²) in [6.45, 7) is 5.32. The zero-order valence-electron chi connectivity index (χ0n) is 16.2. The fraction of sp³-hybridized carbons (Fsp3) is 0.250. The number of benzene rings is 1. The van der Waals surface area contributed by atoms with Crippen LogP contribution in [-0.4, -0.2) is 32.4 Å². The van der Waals surface area contributed by atoms with Gasteiger partial charge in [-0.1, -0.05) is 0 Å². The van der Waals surface area contributed by atoms with Gasteiger partial charge >= 0.3 is 6.36 Å². The third-order valence-electron chi connectivity index (χ3n) is 4.01. The van der Waals surface area contributed by atoms with Crippen LogP contribution in [-0.2, 0) is 0 Å². The van der Waals surface area contributed by atoms with E-state index in [4.69, 9.17) is 9.15 Å². The van der Waals surface area contributed by atoms with E-state index in [2.05, 4.69) is 24.7 Å². The van der Waals surface area contributed by atoms with Gasteiger partial charge in [-0.15, -0.1) is 13.2 Å². The Hall–Kier alpha value is -3.56. The Bertz CT molecular complexity index is 1200. The quantitative estimate of drug-likeness (QED) is 0.475. The van der Waals surface area contributed by atoms with Crippen molar-refractivity contribution in [3.05, 3.63) is 42.4 Å². The van der Waals surface area contributed by atoms with Crippen molar-refractivity contribution in [3.8, 4) is 34.3 Å². The zero-order chi connectivity index (χ0) is 21.5. The van der Waals surface area contributed by atoms with E-state index >= 15 is 0 Å². The predicted octanol–water partition coefficient (Wildman–Crippen LogP) is 5.27. The van der Waals surface area contributed by atoms with Crippen molar-refractivity contribution in [3.63, 3.8) is 0 Å². The Kier molecular flexibility index (Phi) is 4.84. The van der Waals surface area contributed by atoms with Crippen molar-refractivity contribution in [2.24, 2.45) is 0 Å². The minimum atomic E-state index is -4.85. The van der Waals surface area contributed by atoms with E-state index in [9.17, 15) is 13.2 Å². The summed E-state index contributed by atoms with van der Waals surface area (Å²) >= 11 is 0. The summed E-state index contributed by atoms with van der Waals surface area (Å²) < 4.78 is 53.9. The number of fused-ring (bicyclic) bond motifs is 1. The van der Waals surface area contributed by atoms with E-state index in [0.29, 0.717) is 33.9 Å². The Balaban J connectivity index is 1.90. The van der Waals surface area contributed by atoms with E-state index in [0.717, 1.165) is 0 Å². The van der Waals surface area contributed by atoms with Crippen molar-refractivity contribution in [1.82, 2.24) is 19.9 Å². The molecule has 3 aromatic heterocycles. The lowest BCUT2D eigenvalue weighted by Crippen LogP contribution is -2.17. The molecule has 0 saturated heterocycles. The summed E-state index contributed by atoms with van der Waals surface area (Å²) in [5.74, 6) is 1.14. The average Bonchev–Trinajstić information content (AvgIpc) is 3.27. The molecule has 0 spiro atoms. The van der Waals surface area contributed by atoms with Crippen LogP contribution in [0.2, 0.25) is 0 Å². The molecule has 0 fully saturated rings. The van der Waals surface area contributed by atoms with Crippen LogP contribution in [0, 0.1) is 6.92 Å². The number of hydrogen-bond donors (Lipinski definition) is 1. The van der Waals surface area contributed by atoms with Crippen LogP contribution in [0.1, 0.15) is 19.6 Å². The maximum Gasteiger partial charge on any atom is 0.573 e. The normalized spacial score (nSPS) is 12.0. The van der Waals surface area contributed by atoms with Gasteiger partial charge < -0.3 is 18.9 Å². The SMILES string of the molecule is Cc1ccc(-c2nc(-c3cc(OC(C)C)cc(OC(F)(F)F)c3)c3[nH]cnc3n2)o1. The molecule has 156 valence electrons. The molecule has 7 nitrogen and oxygen atoms in total. The summed E-state index contributed by atoms with van der Waals surface area (Å²) in [6, 6.07) is 7.48. The highest BCUT2D eigenvalue weighted by atomic mass is 19.4. The number of H-pyrrole nitrogens is 1. The van der Waals surface area contributed by atoms with Gasteiger partial charge in [-0.05, 0) is 45.0 Å². The third kappa shape index (κ3) is 4.22. The number of ether oxygens (including phenoxy) is 2. The lowest BCUT2D eigenvalue weighted by molar-refractivity contribution is -0.274. The predicted molar refractivity (Wildman–Crippen MR) is 102 cm³/mol. The molecule has 0 aliphatic heterocycles. The van der Waals surface area contributed by atoms with Gasteiger partial charge in [-0.3, -0.25) is 0 Å². The Labute approximate surface area is 168 Å². The highest BCUT2D eigenvalue weighted by Gasteiger charge is 2.31. The Morgan fingerprint density at radius 1 is 1.07 bits per heavy atom. The van der Waals surface area contributed by atoms with Crippen molar-refractivity contribution in [2.75, 3.05) is 0 Å². The minimum absolute atomic E-state index is 0.212. The van der Waals surface area contributed by atoms with Crippen molar-refractivity contribution >= 4 is 11.2 Å². The number of aryl methyl sites for hydroxylation is 1. The van der Waals surface area contributed by atoms with E-state index in [1.165, 1.54) is 18.5 Å². The van der Waals surface area contributed by atoms with Crippen LogP contribution < -0.4 is 9.47 Å². The number of aromatic nitrogens is 4. The standard InChI is InChI=1S/C20H17F3N4O3/c1-10(2)28-13-6-12(7-14(8-13)30-20(21,22)23)16-17-19(25-9-24-17)27-18(26-16)15-5-4-11(3)29-15/h4-10H,1-3H3,(H,24,25,26,27). The van der Waals surface area contributed by atoms with Crippen molar-refractivity contribution < 1.29 is 27.1 Å². The van der Waals surface area contributed by atoms with Gasteiger partial charge in [0, 0.05) is 11.6 Å². The molecule has 0 amide bonds. The van der Waals surface area contributed by atoms with E-state index in [-0.39, 0.29) is 17.7 Å². The molecule has 4 rings (SSSR count). The maximum absolute atomic E-state index is 12.8. The second-order valence-corrected chi connectivity index (χ2v) is 6.81. The van der Waals surface area contributed by atoms with Crippen LogP contribution in [0.4, 0.5) is 13.2 Å². The van der Waals surface area contributed by atoms with E-state index in [1.807, 2.05) is 0 Å². The van der Waals surface area contributed by atoms with Crippen molar-refractivity contribution in [2.45, 2.75) is 33.2 Å². The highest BCUT2D eigenvalue weighted by molar-refractivity contribution is 5.89. The molecular formula is C20H17F3N4O3. The monoisotopic (exact) mass is 418 g/mol. The topological polar surface area (TPSA) is 86.1 Å². The second-order valence-electron chi connectivity index (χ2n) is 6.81. The van der Waals surface area contributed by atoms with Gasteiger partial charge in [-0.25, -0.2) is 15.0 Å². The number of nitrogens with one attached hydrogen (secondary N) is 1. The number of alkyl halides is 3. The fourth-order valence-corrected chi connectivity index (χ4v) is 2.95. The molecule has 0 aliphatic carbocycles. The summed E-state index contributed by atoms with van der Waals surface area (Å²) in [4.78, 5) is 16.0. The number of aromatic amines is 1. The number of furan rings is 1. The molecule has 1 aromatic carbocycles. The van der Waals surface area contributed by atoms with Gasteiger partial charge in [0.25, 0.3) is 0 Å². The number of halogens is 3. The van der Waals surface area contributed by atoms with E-state index < -0.39 is 12.1 Å². The highest BCUT2D eigenvalue weighted by Crippen LogP contribution is 2.35. The molecule has 0 bridgehead atoms. The first-order chi connectivity index (χ1) is 14.2. The van der Waals surface area contributed by atoms with Crippen LogP contribution in [0.3, 0.4) is 0 Å². The van der Waals surface area contributed by atoms with Gasteiger partial charge in [0.1, 0.15) is 28.5 Å². The first-order valence-electron chi connectivity index (χ1n) is 9.04. The fourth-order valence-electron chi connectivity index (χ4n) is 2.95. The first-order valence-corrected chi connectivity index (χ1v) is 9.04. The van der Waals surface area contributed by atoms with Crippen LogP contribution >= 0.6 is 0 Å². The molecule has 30 heavy (non-hydrogen) atoms. The molecule has 1 N–H and O–H groups in total. The molecule has 0 unspecified atom stereocenters. The Morgan fingerprint density at radius 2 is 1.83 bits per heavy atom. The number of rotatable bonds is 5. The smallest absolute Gasteiger partial charge is 0.491 e. The second kappa shape index (κ2) is 7.36. The summed E-state index contributed by atoms with van der Waals surface area (Å²) in [7, 11) is 0. The van der Waals surface area contributed by atoms with Gasteiger partial charge in [-0.2, -0.15) is 0 Å². The summed E-state index contributed by atoms with van der Waals surface area (Å²) in [5, 5.41) is 0. The molecule has 3 heterocycles. The number of nitrogens with zero attached hydrogens (tertiary/aromatic N) is 3. The molecule has 4 aromatic rings.